The van der Waals surface area contributed by atoms with Gasteiger partial charge in [0.05, 0.1) is 6.54 Å². The fraction of sp³-hybridized carbons (Fsp3) is 0.467. The van der Waals surface area contributed by atoms with E-state index < -0.39 is 0 Å². The number of carbonyl (C=O) groups excluding carboxylic acids is 2. The second-order valence-electron chi connectivity index (χ2n) is 5.28. The zero-order valence-electron chi connectivity index (χ0n) is 12.5. The SMILES string of the molecule is CC(C)NC(=O)CNc1ccc(C(=O)NC(C)C)cc1. The first-order chi connectivity index (χ1) is 9.38. The summed E-state index contributed by atoms with van der Waals surface area (Å²) < 4.78 is 0. The van der Waals surface area contributed by atoms with E-state index in [9.17, 15) is 9.59 Å². The van der Waals surface area contributed by atoms with Gasteiger partial charge in [0.2, 0.25) is 5.91 Å². The molecule has 5 heteroatoms. The van der Waals surface area contributed by atoms with E-state index in [1.165, 1.54) is 0 Å². The first kappa shape index (κ1) is 16.0. The topological polar surface area (TPSA) is 70.2 Å². The standard InChI is InChI=1S/C15H23N3O2/c1-10(2)17-14(19)9-16-13-7-5-12(6-8-13)15(20)18-11(3)4/h5-8,10-11,16H,9H2,1-4H3,(H,17,19)(H,18,20). The van der Waals surface area contributed by atoms with Gasteiger partial charge < -0.3 is 16.0 Å². The Morgan fingerprint density at radius 1 is 0.950 bits per heavy atom. The summed E-state index contributed by atoms with van der Waals surface area (Å²) in [6.45, 7) is 7.89. The highest BCUT2D eigenvalue weighted by Gasteiger charge is 2.07. The lowest BCUT2D eigenvalue weighted by molar-refractivity contribution is -0.119. The van der Waals surface area contributed by atoms with Crippen LogP contribution in [0.1, 0.15) is 38.1 Å². The predicted molar refractivity (Wildman–Crippen MR) is 80.8 cm³/mol. The summed E-state index contributed by atoms with van der Waals surface area (Å²) in [5.74, 6) is -0.147. The largest absolute Gasteiger partial charge is 0.376 e. The van der Waals surface area contributed by atoms with E-state index in [0.717, 1.165) is 5.69 Å². The van der Waals surface area contributed by atoms with Crippen LogP contribution in [-0.4, -0.2) is 30.4 Å². The minimum atomic E-state index is -0.0934. The van der Waals surface area contributed by atoms with Crippen LogP contribution in [0.2, 0.25) is 0 Å². The zero-order chi connectivity index (χ0) is 15.1. The summed E-state index contributed by atoms with van der Waals surface area (Å²) in [6.07, 6.45) is 0. The fourth-order valence-corrected chi connectivity index (χ4v) is 1.64. The van der Waals surface area contributed by atoms with Crippen LogP contribution in [0.5, 0.6) is 0 Å². The highest BCUT2D eigenvalue weighted by atomic mass is 16.2. The van der Waals surface area contributed by atoms with Crippen LogP contribution in [0.25, 0.3) is 0 Å². The number of rotatable bonds is 6. The van der Waals surface area contributed by atoms with E-state index in [1.807, 2.05) is 27.7 Å². The Kier molecular flexibility index (Phi) is 6.03. The molecule has 0 unspecified atom stereocenters. The van der Waals surface area contributed by atoms with Gasteiger partial charge >= 0.3 is 0 Å². The first-order valence-corrected chi connectivity index (χ1v) is 6.82. The highest BCUT2D eigenvalue weighted by Crippen LogP contribution is 2.09. The number of nitrogens with one attached hydrogen (secondary N) is 3. The molecule has 0 heterocycles. The zero-order valence-corrected chi connectivity index (χ0v) is 12.5. The number of hydrogen-bond donors (Lipinski definition) is 3. The Labute approximate surface area is 120 Å². The molecule has 1 aromatic carbocycles. The summed E-state index contributed by atoms with van der Waals surface area (Å²) >= 11 is 0. The van der Waals surface area contributed by atoms with Crippen LogP contribution in [0.4, 0.5) is 5.69 Å². The Balaban J connectivity index is 2.50. The number of amides is 2. The van der Waals surface area contributed by atoms with E-state index >= 15 is 0 Å². The summed E-state index contributed by atoms with van der Waals surface area (Å²) in [5.41, 5.74) is 1.42. The van der Waals surface area contributed by atoms with Crippen molar-refractivity contribution in [1.29, 1.82) is 0 Å². The van der Waals surface area contributed by atoms with Gasteiger partial charge in [0.1, 0.15) is 0 Å². The highest BCUT2D eigenvalue weighted by molar-refractivity contribution is 5.94. The smallest absolute Gasteiger partial charge is 0.251 e. The van der Waals surface area contributed by atoms with Gasteiger partial charge in [-0.15, -0.1) is 0 Å². The molecule has 5 nitrogen and oxygen atoms in total. The van der Waals surface area contributed by atoms with E-state index in [2.05, 4.69) is 16.0 Å². The maximum atomic E-state index is 11.8. The third-order valence-electron chi connectivity index (χ3n) is 2.47. The molecular formula is C15H23N3O2. The average Bonchev–Trinajstić information content (AvgIpc) is 2.35. The number of hydrogen-bond acceptors (Lipinski definition) is 3. The quantitative estimate of drug-likeness (QED) is 0.742. The third kappa shape index (κ3) is 5.73. The molecule has 0 bridgehead atoms. The molecule has 20 heavy (non-hydrogen) atoms. The summed E-state index contributed by atoms with van der Waals surface area (Å²) in [7, 11) is 0. The van der Waals surface area contributed by atoms with Gasteiger partial charge in [-0.1, -0.05) is 0 Å². The maximum absolute atomic E-state index is 11.8. The molecule has 1 aromatic rings. The van der Waals surface area contributed by atoms with Crippen LogP contribution in [0.15, 0.2) is 24.3 Å². The van der Waals surface area contributed by atoms with Crippen LogP contribution < -0.4 is 16.0 Å². The molecule has 0 aromatic heterocycles. The molecular weight excluding hydrogens is 254 g/mol. The molecule has 0 atom stereocenters. The van der Waals surface area contributed by atoms with Crippen molar-refractivity contribution in [1.82, 2.24) is 10.6 Å². The fourth-order valence-electron chi connectivity index (χ4n) is 1.64. The molecule has 0 fully saturated rings. The second kappa shape index (κ2) is 7.53. The van der Waals surface area contributed by atoms with Crippen LogP contribution in [0.3, 0.4) is 0 Å². The molecule has 0 aliphatic carbocycles. The minimum absolute atomic E-state index is 0.0540. The number of carbonyl (C=O) groups is 2. The van der Waals surface area contributed by atoms with Gasteiger partial charge in [0.15, 0.2) is 0 Å². The summed E-state index contributed by atoms with van der Waals surface area (Å²) in [4.78, 5) is 23.2. The van der Waals surface area contributed by atoms with Crippen LogP contribution in [-0.2, 0) is 4.79 Å². The maximum Gasteiger partial charge on any atom is 0.251 e. The van der Waals surface area contributed by atoms with E-state index in [1.54, 1.807) is 24.3 Å². The summed E-state index contributed by atoms with van der Waals surface area (Å²) in [6, 6.07) is 7.29. The molecule has 2 amide bonds. The van der Waals surface area contributed by atoms with Crippen molar-refractivity contribution < 1.29 is 9.59 Å². The lowest BCUT2D eigenvalue weighted by Gasteiger charge is -2.11. The van der Waals surface area contributed by atoms with E-state index in [0.29, 0.717) is 5.56 Å². The van der Waals surface area contributed by atoms with E-state index in [4.69, 9.17) is 0 Å². The Hall–Kier alpha value is -2.04. The molecule has 110 valence electrons. The Morgan fingerprint density at radius 3 is 2.00 bits per heavy atom. The number of benzene rings is 1. The van der Waals surface area contributed by atoms with Gasteiger partial charge in [-0.2, -0.15) is 0 Å². The third-order valence-corrected chi connectivity index (χ3v) is 2.47. The first-order valence-electron chi connectivity index (χ1n) is 6.82. The van der Waals surface area contributed by atoms with Crippen molar-refractivity contribution in [3.8, 4) is 0 Å². The molecule has 0 radical (unpaired) electrons. The van der Waals surface area contributed by atoms with Gasteiger partial charge in [-0.3, -0.25) is 9.59 Å². The average molecular weight is 277 g/mol. The Morgan fingerprint density at radius 2 is 1.50 bits per heavy atom. The van der Waals surface area contributed by atoms with Gasteiger partial charge in [-0.05, 0) is 52.0 Å². The molecule has 1 rings (SSSR count). The molecule has 0 aliphatic rings. The van der Waals surface area contributed by atoms with E-state index in [-0.39, 0.29) is 30.4 Å². The number of anilines is 1. The van der Waals surface area contributed by atoms with Crippen molar-refractivity contribution in [2.75, 3.05) is 11.9 Å². The minimum Gasteiger partial charge on any atom is -0.376 e. The van der Waals surface area contributed by atoms with Crippen molar-refractivity contribution in [2.24, 2.45) is 0 Å². The Bertz CT molecular complexity index is 453. The molecule has 0 saturated heterocycles. The summed E-state index contributed by atoms with van der Waals surface area (Å²) in [5, 5.41) is 8.64. The van der Waals surface area contributed by atoms with Gasteiger partial charge in [0.25, 0.3) is 5.91 Å². The van der Waals surface area contributed by atoms with Crippen LogP contribution >= 0.6 is 0 Å². The lowest BCUT2D eigenvalue weighted by Crippen LogP contribution is -2.34. The monoisotopic (exact) mass is 277 g/mol. The molecule has 0 spiro atoms. The molecule has 3 N–H and O–H groups in total. The van der Waals surface area contributed by atoms with Crippen molar-refractivity contribution in [3.05, 3.63) is 29.8 Å². The predicted octanol–water partition coefficient (Wildman–Crippen LogP) is 1.76. The van der Waals surface area contributed by atoms with Crippen molar-refractivity contribution >= 4 is 17.5 Å². The van der Waals surface area contributed by atoms with Crippen LogP contribution in [0, 0.1) is 0 Å². The second-order valence-corrected chi connectivity index (χ2v) is 5.28. The normalized spacial score (nSPS) is 10.5. The van der Waals surface area contributed by atoms with Gasteiger partial charge in [0, 0.05) is 23.3 Å². The van der Waals surface area contributed by atoms with Gasteiger partial charge in [-0.25, -0.2) is 0 Å². The molecule has 0 aliphatic heterocycles. The van der Waals surface area contributed by atoms with Crippen molar-refractivity contribution in [3.63, 3.8) is 0 Å². The molecule has 0 saturated carbocycles. The van der Waals surface area contributed by atoms with Crippen molar-refractivity contribution in [2.45, 2.75) is 39.8 Å². The lowest BCUT2D eigenvalue weighted by atomic mass is 10.2.